The summed E-state index contributed by atoms with van der Waals surface area (Å²) in [5.74, 6) is 0.609. The third kappa shape index (κ3) is 1.70. The number of aldehydes is 1. The third-order valence-electron chi connectivity index (χ3n) is 2.43. The van der Waals surface area contributed by atoms with Crippen molar-refractivity contribution in [2.45, 2.75) is 6.42 Å². The highest BCUT2D eigenvalue weighted by Crippen LogP contribution is 2.31. The molecule has 0 bridgehead atoms. The number of benzene rings is 1. The molecule has 1 aromatic rings. The summed E-state index contributed by atoms with van der Waals surface area (Å²) in [6, 6.07) is 5.43. The van der Waals surface area contributed by atoms with Gasteiger partial charge in [0.15, 0.2) is 6.61 Å². The fourth-order valence-corrected chi connectivity index (χ4v) is 1.54. The zero-order valence-corrected chi connectivity index (χ0v) is 8.40. The van der Waals surface area contributed by atoms with Crippen LogP contribution in [-0.4, -0.2) is 25.8 Å². The number of nitrogens with zero attached hydrogens (tertiary/aromatic N) is 1. The van der Waals surface area contributed by atoms with Crippen LogP contribution in [0.25, 0.3) is 0 Å². The monoisotopic (exact) mass is 205 g/mol. The first-order valence-corrected chi connectivity index (χ1v) is 4.68. The minimum Gasteiger partial charge on any atom is -0.482 e. The lowest BCUT2D eigenvalue weighted by atomic mass is 10.1. The van der Waals surface area contributed by atoms with E-state index < -0.39 is 0 Å². The maximum Gasteiger partial charge on any atom is 0.264 e. The molecule has 1 aliphatic heterocycles. The summed E-state index contributed by atoms with van der Waals surface area (Å²) in [7, 11) is 1.70. The summed E-state index contributed by atoms with van der Waals surface area (Å²) < 4.78 is 5.26. The Morgan fingerprint density at radius 3 is 3.07 bits per heavy atom. The summed E-state index contributed by atoms with van der Waals surface area (Å²) in [5.41, 5.74) is 1.61. The molecule has 0 unspecified atom stereocenters. The molecule has 1 heterocycles. The normalized spacial score (nSPS) is 14.5. The maximum absolute atomic E-state index is 11.4. The molecule has 4 heteroatoms. The minimum atomic E-state index is -0.0780. The Labute approximate surface area is 87.4 Å². The smallest absolute Gasteiger partial charge is 0.264 e. The largest absolute Gasteiger partial charge is 0.482 e. The van der Waals surface area contributed by atoms with Crippen LogP contribution in [0, 0.1) is 0 Å². The maximum atomic E-state index is 11.4. The highest BCUT2D eigenvalue weighted by molar-refractivity contribution is 5.97. The first-order chi connectivity index (χ1) is 7.22. The van der Waals surface area contributed by atoms with Gasteiger partial charge in [0.05, 0.1) is 5.69 Å². The summed E-state index contributed by atoms with van der Waals surface area (Å²) in [6.07, 6.45) is 1.20. The van der Waals surface area contributed by atoms with Crippen molar-refractivity contribution >= 4 is 17.9 Å². The van der Waals surface area contributed by atoms with Crippen molar-refractivity contribution in [2.75, 3.05) is 18.6 Å². The summed E-state index contributed by atoms with van der Waals surface area (Å²) in [5, 5.41) is 0. The highest BCUT2D eigenvalue weighted by atomic mass is 16.5. The Balaban J connectivity index is 2.40. The zero-order valence-electron chi connectivity index (χ0n) is 8.40. The van der Waals surface area contributed by atoms with Crippen LogP contribution in [0.1, 0.15) is 5.56 Å². The molecule has 4 nitrogen and oxygen atoms in total. The first kappa shape index (κ1) is 9.71. The van der Waals surface area contributed by atoms with Gasteiger partial charge in [0, 0.05) is 13.5 Å². The van der Waals surface area contributed by atoms with Crippen molar-refractivity contribution < 1.29 is 14.3 Å². The molecule has 0 spiro atoms. The van der Waals surface area contributed by atoms with Crippen LogP contribution in [-0.2, 0) is 16.0 Å². The van der Waals surface area contributed by atoms with Crippen LogP contribution in [0.4, 0.5) is 5.69 Å². The van der Waals surface area contributed by atoms with Crippen molar-refractivity contribution in [1.82, 2.24) is 0 Å². The third-order valence-corrected chi connectivity index (χ3v) is 2.43. The minimum absolute atomic E-state index is 0.0780. The number of anilines is 1. The van der Waals surface area contributed by atoms with Crippen molar-refractivity contribution in [3.63, 3.8) is 0 Å². The Bertz CT molecular complexity index is 414. The van der Waals surface area contributed by atoms with Gasteiger partial charge in [0.2, 0.25) is 0 Å². The van der Waals surface area contributed by atoms with Crippen molar-refractivity contribution in [2.24, 2.45) is 0 Å². The molecule has 0 N–H and O–H groups in total. The molecule has 1 aromatic carbocycles. The number of hydrogen-bond donors (Lipinski definition) is 0. The van der Waals surface area contributed by atoms with E-state index in [9.17, 15) is 9.59 Å². The van der Waals surface area contributed by atoms with Gasteiger partial charge >= 0.3 is 0 Å². The van der Waals surface area contributed by atoms with Crippen LogP contribution in [0.15, 0.2) is 18.2 Å². The Morgan fingerprint density at radius 1 is 1.53 bits per heavy atom. The van der Waals surface area contributed by atoms with Crippen LogP contribution in [0.2, 0.25) is 0 Å². The van der Waals surface area contributed by atoms with Gasteiger partial charge in [-0.25, -0.2) is 0 Å². The molecule has 0 fully saturated rings. The van der Waals surface area contributed by atoms with E-state index in [1.165, 1.54) is 0 Å². The van der Waals surface area contributed by atoms with Crippen LogP contribution in [0.3, 0.4) is 0 Å². The van der Waals surface area contributed by atoms with Gasteiger partial charge in [0.1, 0.15) is 12.0 Å². The lowest BCUT2D eigenvalue weighted by molar-refractivity contribution is -0.121. The SMILES string of the molecule is CN1C(=O)COc2ccc(CC=O)cc21. The lowest BCUT2D eigenvalue weighted by Gasteiger charge is -2.26. The van der Waals surface area contributed by atoms with E-state index in [2.05, 4.69) is 0 Å². The van der Waals surface area contributed by atoms with E-state index >= 15 is 0 Å². The molecule has 78 valence electrons. The quantitative estimate of drug-likeness (QED) is 0.670. The van der Waals surface area contributed by atoms with Crippen LogP contribution in [0.5, 0.6) is 5.75 Å². The molecule has 1 aliphatic rings. The molecular weight excluding hydrogens is 194 g/mol. The molecule has 2 rings (SSSR count). The van der Waals surface area contributed by atoms with Crippen LogP contribution < -0.4 is 9.64 Å². The lowest BCUT2D eigenvalue weighted by Crippen LogP contribution is -2.35. The molecule has 0 aliphatic carbocycles. The molecule has 15 heavy (non-hydrogen) atoms. The van der Waals surface area contributed by atoms with E-state index in [4.69, 9.17) is 4.74 Å². The number of hydrogen-bond acceptors (Lipinski definition) is 3. The number of rotatable bonds is 2. The molecule has 0 saturated heterocycles. The van der Waals surface area contributed by atoms with Gasteiger partial charge in [0.25, 0.3) is 5.91 Å². The number of amides is 1. The molecule has 0 saturated carbocycles. The topological polar surface area (TPSA) is 46.6 Å². The molecular formula is C11H11NO3. The van der Waals surface area contributed by atoms with Crippen molar-refractivity contribution in [3.05, 3.63) is 23.8 Å². The summed E-state index contributed by atoms with van der Waals surface area (Å²) in [6.45, 7) is 0.0799. The van der Waals surface area contributed by atoms with Crippen molar-refractivity contribution in [1.29, 1.82) is 0 Å². The molecule has 0 radical (unpaired) electrons. The van der Waals surface area contributed by atoms with Gasteiger partial charge in [-0.3, -0.25) is 4.79 Å². The van der Waals surface area contributed by atoms with E-state index in [1.807, 2.05) is 6.07 Å². The fraction of sp³-hybridized carbons (Fsp3) is 0.273. The standard InChI is InChI=1S/C11H11NO3/c1-12-9-6-8(4-5-13)2-3-10(9)15-7-11(12)14/h2-3,5-6H,4,7H2,1H3. The molecule has 1 amide bonds. The summed E-state index contributed by atoms with van der Waals surface area (Å²) >= 11 is 0. The number of ether oxygens (including phenoxy) is 1. The number of fused-ring (bicyclic) bond motifs is 1. The second-order valence-corrected chi connectivity index (χ2v) is 3.41. The second-order valence-electron chi connectivity index (χ2n) is 3.41. The number of carbonyl (C=O) groups excluding carboxylic acids is 2. The van der Waals surface area contributed by atoms with E-state index in [0.29, 0.717) is 12.2 Å². The predicted molar refractivity (Wildman–Crippen MR) is 55.1 cm³/mol. The zero-order chi connectivity index (χ0) is 10.8. The van der Waals surface area contributed by atoms with E-state index in [-0.39, 0.29) is 12.5 Å². The predicted octanol–water partition coefficient (Wildman–Crippen LogP) is 0.783. The van der Waals surface area contributed by atoms with Crippen molar-refractivity contribution in [3.8, 4) is 5.75 Å². The Morgan fingerprint density at radius 2 is 2.33 bits per heavy atom. The average molecular weight is 205 g/mol. The van der Waals surface area contributed by atoms with Crippen LogP contribution >= 0.6 is 0 Å². The summed E-state index contributed by atoms with van der Waals surface area (Å²) in [4.78, 5) is 23.3. The second kappa shape index (κ2) is 3.73. The average Bonchev–Trinajstić information content (AvgIpc) is 2.25. The fourth-order valence-electron chi connectivity index (χ4n) is 1.54. The van der Waals surface area contributed by atoms with Gasteiger partial charge in [-0.1, -0.05) is 6.07 Å². The van der Waals surface area contributed by atoms with Gasteiger partial charge in [-0.05, 0) is 17.7 Å². The number of likely N-dealkylation sites (N-methyl/N-ethyl adjacent to an activating group) is 1. The van der Waals surface area contributed by atoms with E-state index in [0.717, 1.165) is 17.5 Å². The Hall–Kier alpha value is -1.84. The molecule has 0 aromatic heterocycles. The van der Waals surface area contributed by atoms with Gasteiger partial charge < -0.3 is 14.4 Å². The number of carbonyl (C=O) groups is 2. The Kier molecular flexibility index (Phi) is 2.41. The highest BCUT2D eigenvalue weighted by Gasteiger charge is 2.21. The van der Waals surface area contributed by atoms with Gasteiger partial charge in [-0.15, -0.1) is 0 Å². The van der Waals surface area contributed by atoms with Gasteiger partial charge in [-0.2, -0.15) is 0 Å². The van der Waals surface area contributed by atoms with E-state index in [1.54, 1.807) is 24.1 Å². The first-order valence-electron chi connectivity index (χ1n) is 4.68. The molecule has 0 atom stereocenters.